The molecule has 0 unspecified atom stereocenters. The maximum atomic E-state index is 11.8. The highest BCUT2D eigenvalue weighted by atomic mass is 16.1. The molecule has 156 valence electrons. The van der Waals surface area contributed by atoms with Gasteiger partial charge in [-0.3, -0.25) is 4.79 Å². The Bertz CT molecular complexity index is 816. The highest BCUT2D eigenvalue weighted by Gasteiger charge is 2.05. The number of nitrogens with one attached hydrogen (secondary N) is 3. The van der Waals surface area contributed by atoms with Crippen molar-refractivity contribution >= 4 is 11.9 Å². The van der Waals surface area contributed by atoms with Crippen molar-refractivity contribution in [3.05, 3.63) is 70.8 Å². The molecule has 0 aromatic heterocycles. The first-order valence-corrected chi connectivity index (χ1v) is 10.1. The molecular weight excluding hydrogens is 362 g/mol. The zero-order valence-electron chi connectivity index (χ0n) is 18.0. The third-order valence-electron chi connectivity index (χ3n) is 4.48. The maximum Gasteiger partial charge on any atom is 0.251 e. The first kappa shape index (κ1) is 22.4. The maximum absolute atomic E-state index is 11.8. The van der Waals surface area contributed by atoms with Crippen LogP contribution in [0.2, 0.25) is 0 Å². The van der Waals surface area contributed by atoms with Crippen molar-refractivity contribution in [2.45, 2.75) is 26.4 Å². The normalized spacial score (nSPS) is 11.4. The Hall–Kier alpha value is -2.86. The molecule has 0 saturated heterocycles. The van der Waals surface area contributed by atoms with Crippen molar-refractivity contribution in [3.8, 4) is 0 Å². The molecule has 0 bridgehead atoms. The standard InChI is InChI=1S/C23H33N5O/c1-5-25-23(27-16-20-10-6-7-11-21(20)17-28(3)4)26-14-13-18-9-8-12-19(15-18)22(29)24-2/h6-12,15H,5,13-14,16-17H2,1-4H3,(H,24,29)(H2,25,26,27). The molecule has 0 aliphatic heterocycles. The summed E-state index contributed by atoms with van der Waals surface area (Å²) >= 11 is 0. The van der Waals surface area contributed by atoms with Crippen LogP contribution in [0.5, 0.6) is 0 Å². The average molecular weight is 396 g/mol. The van der Waals surface area contributed by atoms with Gasteiger partial charge in [0, 0.05) is 32.2 Å². The predicted molar refractivity (Wildman–Crippen MR) is 120 cm³/mol. The minimum Gasteiger partial charge on any atom is -0.357 e. The fourth-order valence-electron chi connectivity index (χ4n) is 3.05. The zero-order chi connectivity index (χ0) is 21.1. The molecular formula is C23H33N5O. The molecule has 0 atom stereocenters. The van der Waals surface area contributed by atoms with Gasteiger partial charge in [-0.15, -0.1) is 0 Å². The summed E-state index contributed by atoms with van der Waals surface area (Å²) in [5.74, 6) is 0.737. The van der Waals surface area contributed by atoms with E-state index in [1.807, 2.05) is 24.3 Å². The Balaban J connectivity index is 1.97. The molecule has 2 aromatic rings. The summed E-state index contributed by atoms with van der Waals surface area (Å²) in [6.07, 6.45) is 0.812. The lowest BCUT2D eigenvalue weighted by molar-refractivity contribution is 0.0963. The smallest absolute Gasteiger partial charge is 0.251 e. The lowest BCUT2D eigenvalue weighted by atomic mass is 10.1. The number of guanidine groups is 1. The zero-order valence-corrected chi connectivity index (χ0v) is 18.0. The van der Waals surface area contributed by atoms with E-state index in [0.29, 0.717) is 12.1 Å². The number of rotatable bonds is 9. The molecule has 29 heavy (non-hydrogen) atoms. The first-order chi connectivity index (χ1) is 14.0. The Morgan fingerprint density at radius 3 is 2.48 bits per heavy atom. The summed E-state index contributed by atoms with van der Waals surface area (Å²) in [5, 5.41) is 9.35. The molecule has 1 amide bonds. The van der Waals surface area contributed by atoms with E-state index < -0.39 is 0 Å². The second-order valence-corrected chi connectivity index (χ2v) is 7.16. The summed E-state index contributed by atoms with van der Waals surface area (Å²) in [4.78, 5) is 18.7. The Labute approximate surface area is 174 Å². The number of benzene rings is 2. The number of hydrogen-bond acceptors (Lipinski definition) is 3. The van der Waals surface area contributed by atoms with Crippen LogP contribution in [0.1, 0.15) is 34.0 Å². The summed E-state index contributed by atoms with van der Waals surface area (Å²) in [6, 6.07) is 16.1. The van der Waals surface area contributed by atoms with Gasteiger partial charge in [0.15, 0.2) is 5.96 Å². The Kier molecular flexibility index (Phi) is 9.18. The van der Waals surface area contributed by atoms with E-state index in [9.17, 15) is 4.79 Å². The second-order valence-electron chi connectivity index (χ2n) is 7.16. The molecule has 6 nitrogen and oxygen atoms in total. The van der Waals surface area contributed by atoms with Crippen LogP contribution in [-0.2, 0) is 19.5 Å². The van der Waals surface area contributed by atoms with Gasteiger partial charge in [0.2, 0.25) is 0 Å². The summed E-state index contributed by atoms with van der Waals surface area (Å²) in [5.41, 5.74) is 4.33. The van der Waals surface area contributed by atoms with Gasteiger partial charge in [-0.25, -0.2) is 4.99 Å². The molecule has 0 aliphatic rings. The van der Waals surface area contributed by atoms with Crippen LogP contribution >= 0.6 is 0 Å². The van der Waals surface area contributed by atoms with Crippen molar-refractivity contribution < 1.29 is 4.79 Å². The topological polar surface area (TPSA) is 68.8 Å². The number of nitrogens with zero attached hydrogens (tertiary/aromatic N) is 2. The minimum absolute atomic E-state index is 0.0638. The fourth-order valence-corrected chi connectivity index (χ4v) is 3.05. The van der Waals surface area contributed by atoms with Gasteiger partial charge in [0.1, 0.15) is 0 Å². The lowest BCUT2D eigenvalue weighted by Crippen LogP contribution is -2.38. The van der Waals surface area contributed by atoms with Gasteiger partial charge < -0.3 is 20.9 Å². The van der Waals surface area contributed by atoms with Crippen LogP contribution in [0.25, 0.3) is 0 Å². The van der Waals surface area contributed by atoms with Gasteiger partial charge in [0.25, 0.3) is 5.91 Å². The van der Waals surface area contributed by atoms with E-state index in [1.54, 1.807) is 7.05 Å². The van der Waals surface area contributed by atoms with Crippen LogP contribution in [0.4, 0.5) is 0 Å². The molecule has 0 radical (unpaired) electrons. The minimum atomic E-state index is -0.0638. The molecule has 0 fully saturated rings. The van der Waals surface area contributed by atoms with Gasteiger partial charge in [-0.2, -0.15) is 0 Å². The Morgan fingerprint density at radius 1 is 1.03 bits per heavy atom. The number of carbonyl (C=O) groups is 1. The summed E-state index contributed by atoms with van der Waals surface area (Å²) in [7, 11) is 5.79. The lowest BCUT2D eigenvalue weighted by Gasteiger charge is -2.14. The van der Waals surface area contributed by atoms with Crippen LogP contribution in [0.3, 0.4) is 0 Å². The second kappa shape index (κ2) is 11.9. The molecule has 2 aromatic carbocycles. The molecule has 3 N–H and O–H groups in total. The highest BCUT2D eigenvalue weighted by molar-refractivity contribution is 5.94. The summed E-state index contributed by atoms with van der Waals surface area (Å²) < 4.78 is 0. The number of amides is 1. The van der Waals surface area contributed by atoms with E-state index in [4.69, 9.17) is 4.99 Å². The third-order valence-corrected chi connectivity index (χ3v) is 4.48. The van der Waals surface area contributed by atoms with E-state index in [0.717, 1.165) is 37.6 Å². The van der Waals surface area contributed by atoms with Crippen molar-refractivity contribution in [2.75, 3.05) is 34.2 Å². The van der Waals surface area contributed by atoms with Crippen molar-refractivity contribution in [1.82, 2.24) is 20.9 Å². The summed E-state index contributed by atoms with van der Waals surface area (Å²) in [6.45, 7) is 5.13. The van der Waals surface area contributed by atoms with Gasteiger partial charge in [-0.05, 0) is 56.3 Å². The quantitative estimate of drug-likeness (QED) is 0.451. The molecule has 0 saturated carbocycles. The van der Waals surface area contributed by atoms with E-state index >= 15 is 0 Å². The monoisotopic (exact) mass is 395 g/mol. The number of hydrogen-bond donors (Lipinski definition) is 3. The van der Waals surface area contributed by atoms with Crippen molar-refractivity contribution in [1.29, 1.82) is 0 Å². The van der Waals surface area contributed by atoms with Crippen molar-refractivity contribution in [3.63, 3.8) is 0 Å². The fraction of sp³-hybridized carbons (Fsp3) is 0.391. The van der Waals surface area contributed by atoms with Crippen LogP contribution in [-0.4, -0.2) is 51.0 Å². The predicted octanol–water partition coefficient (Wildman–Crippen LogP) is 2.41. The molecule has 0 spiro atoms. The van der Waals surface area contributed by atoms with Crippen LogP contribution < -0.4 is 16.0 Å². The largest absolute Gasteiger partial charge is 0.357 e. The third kappa shape index (κ3) is 7.58. The molecule has 0 heterocycles. The first-order valence-electron chi connectivity index (χ1n) is 10.1. The van der Waals surface area contributed by atoms with Gasteiger partial charge >= 0.3 is 0 Å². The van der Waals surface area contributed by atoms with E-state index in [-0.39, 0.29) is 5.91 Å². The van der Waals surface area contributed by atoms with E-state index in [1.165, 1.54) is 11.1 Å². The SMILES string of the molecule is CCNC(=NCc1ccccc1CN(C)C)NCCc1cccc(C(=O)NC)c1. The van der Waals surface area contributed by atoms with Gasteiger partial charge in [-0.1, -0.05) is 36.4 Å². The average Bonchev–Trinajstić information content (AvgIpc) is 2.72. The highest BCUT2D eigenvalue weighted by Crippen LogP contribution is 2.12. The molecule has 6 heteroatoms. The number of carbonyl (C=O) groups excluding carboxylic acids is 1. The van der Waals surface area contributed by atoms with Gasteiger partial charge in [0.05, 0.1) is 6.54 Å². The van der Waals surface area contributed by atoms with Crippen LogP contribution in [0.15, 0.2) is 53.5 Å². The Morgan fingerprint density at radius 2 is 1.79 bits per heavy atom. The molecule has 2 rings (SSSR count). The van der Waals surface area contributed by atoms with Crippen molar-refractivity contribution in [2.24, 2.45) is 4.99 Å². The van der Waals surface area contributed by atoms with Crippen LogP contribution in [0, 0.1) is 0 Å². The number of aliphatic imine (C=N–C) groups is 1. The van der Waals surface area contributed by atoms with E-state index in [2.05, 4.69) is 66.1 Å². The molecule has 0 aliphatic carbocycles.